The summed E-state index contributed by atoms with van der Waals surface area (Å²) >= 11 is 8.46. The molecule has 13 heavy (non-hydrogen) atoms. The molecule has 0 heterocycles. The van der Waals surface area contributed by atoms with Crippen molar-refractivity contribution in [2.24, 2.45) is 0 Å². The number of halogens is 3. The lowest BCUT2D eigenvalue weighted by Crippen LogP contribution is -2.04. The first-order valence-corrected chi connectivity index (χ1v) is 4.83. The molecule has 0 aromatic heterocycles. The van der Waals surface area contributed by atoms with E-state index in [4.69, 9.17) is 11.6 Å². The summed E-state index contributed by atoms with van der Waals surface area (Å²) in [6.45, 7) is 1.57. The lowest BCUT2D eigenvalue weighted by atomic mass is 10.0. The van der Waals surface area contributed by atoms with Crippen LogP contribution in [-0.2, 0) is 4.79 Å². The van der Waals surface area contributed by atoms with Gasteiger partial charge in [-0.1, -0.05) is 22.9 Å². The summed E-state index contributed by atoms with van der Waals surface area (Å²) in [6, 6.07) is 4.43. The summed E-state index contributed by atoms with van der Waals surface area (Å²) in [5.41, 5.74) is 0.314. The number of carbonyl (C=O) groups is 1. The van der Waals surface area contributed by atoms with E-state index in [1.165, 1.54) is 6.07 Å². The Kier molecular flexibility index (Phi) is 3.45. The molecule has 1 rings (SSSR count). The smallest absolute Gasteiger partial charge is 0.228 e. The fourth-order valence-corrected chi connectivity index (χ4v) is 1.47. The maximum absolute atomic E-state index is 13.1. The van der Waals surface area contributed by atoms with Crippen molar-refractivity contribution in [3.8, 4) is 0 Å². The number of benzene rings is 1. The van der Waals surface area contributed by atoms with E-state index >= 15 is 0 Å². The van der Waals surface area contributed by atoms with Crippen LogP contribution in [-0.4, -0.2) is 5.24 Å². The van der Waals surface area contributed by atoms with Crippen LogP contribution in [0.2, 0.25) is 0 Å². The third-order valence-electron chi connectivity index (χ3n) is 1.76. The minimum absolute atomic E-state index is 0.314. The van der Waals surface area contributed by atoms with Gasteiger partial charge >= 0.3 is 0 Å². The Morgan fingerprint density at radius 1 is 1.62 bits per heavy atom. The van der Waals surface area contributed by atoms with Gasteiger partial charge in [-0.2, -0.15) is 0 Å². The zero-order valence-corrected chi connectivity index (χ0v) is 9.19. The zero-order valence-electron chi connectivity index (χ0n) is 6.85. The van der Waals surface area contributed by atoms with Gasteiger partial charge in [0.2, 0.25) is 5.24 Å². The number of hydrogen-bond acceptors (Lipinski definition) is 1. The SMILES string of the molecule is CC(C(=O)Cl)c1cc(Br)ccc1F. The van der Waals surface area contributed by atoms with Crippen molar-refractivity contribution in [2.45, 2.75) is 12.8 Å². The maximum atomic E-state index is 13.1. The maximum Gasteiger partial charge on any atom is 0.228 e. The van der Waals surface area contributed by atoms with Gasteiger partial charge in [-0.15, -0.1) is 0 Å². The molecule has 1 aromatic carbocycles. The first-order valence-electron chi connectivity index (χ1n) is 3.66. The van der Waals surface area contributed by atoms with Crippen molar-refractivity contribution in [3.05, 3.63) is 34.1 Å². The average molecular weight is 266 g/mol. The molecule has 1 nitrogen and oxygen atoms in total. The summed E-state index contributed by atoms with van der Waals surface area (Å²) in [5.74, 6) is -1.02. The summed E-state index contributed by atoms with van der Waals surface area (Å²) in [4.78, 5) is 10.8. The number of carbonyl (C=O) groups excluding carboxylic acids is 1. The van der Waals surface area contributed by atoms with Crippen molar-refractivity contribution >= 4 is 32.8 Å². The van der Waals surface area contributed by atoms with Gasteiger partial charge in [-0.05, 0) is 29.8 Å². The molecule has 1 aromatic rings. The minimum Gasteiger partial charge on any atom is -0.281 e. The van der Waals surface area contributed by atoms with Crippen molar-refractivity contribution in [1.29, 1.82) is 0 Å². The first kappa shape index (κ1) is 10.7. The Morgan fingerprint density at radius 3 is 2.77 bits per heavy atom. The highest BCUT2D eigenvalue weighted by molar-refractivity contribution is 9.10. The lowest BCUT2D eigenvalue weighted by molar-refractivity contribution is -0.112. The second-order valence-corrected chi connectivity index (χ2v) is 3.98. The molecule has 0 aliphatic rings. The quantitative estimate of drug-likeness (QED) is 0.749. The van der Waals surface area contributed by atoms with Gasteiger partial charge in [0.1, 0.15) is 5.82 Å². The summed E-state index contributed by atoms with van der Waals surface area (Å²) < 4.78 is 13.9. The monoisotopic (exact) mass is 264 g/mol. The first-order chi connectivity index (χ1) is 6.02. The largest absolute Gasteiger partial charge is 0.281 e. The highest BCUT2D eigenvalue weighted by atomic mass is 79.9. The zero-order chi connectivity index (χ0) is 10.0. The van der Waals surface area contributed by atoms with Crippen LogP contribution >= 0.6 is 27.5 Å². The Hall–Kier alpha value is -0.410. The topological polar surface area (TPSA) is 17.1 Å². The molecule has 0 radical (unpaired) electrons. The third kappa shape index (κ3) is 2.51. The molecular weight excluding hydrogens is 258 g/mol. The Bertz CT molecular complexity index is 340. The normalized spacial score (nSPS) is 12.6. The van der Waals surface area contributed by atoms with Crippen LogP contribution in [0.1, 0.15) is 18.4 Å². The van der Waals surface area contributed by atoms with Crippen LogP contribution in [0.5, 0.6) is 0 Å². The molecule has 70 valence electrons. The molecule has 0 aliphatic carbocycles. The van der Waals surface area contributed by atoms with Crippen LogP contribution in [0.3, 0.4) is 0 Å². The second-order valence-electron chi connectivity index (χ2n) is 2.69. The van der Waals surface area contributed by atoms with Gasteiger partial charge in [-0.3, -0.25) is 4.79 Å². The van der Waals surface area contributed by atoms with E-state index in [1.807, 2.05) is 0 Å². The summed E-state index contributed by atoms with van der Waals surface area (Å²) in [5, 5.41) is -0.558. The van der Waals surface area contributed by atoms with E-state index < -0.39 is 17.0 Å². The van der Waals surface area contributed by atoms with E-state index in [9.17, 15) is 9.18 Å². The van der Waals surface area contributed by atoms with Crippen LogP contribution in [0.4, 0.5) is 4.39 Å². The van der Waals surface area contributed by atoms with Crippen LogP contribution in [0.15, 0.2) is 22.7 Å². The number of rotatable bonds is 2. The predicted octanol–water partition coefficient (Wildman–Crippen LogP) is 3.46. The van der Waals surface area contributed by atoms with Crippen molar-refractivity contribution in [1.82, 2.24) is 0 Å². The minimum atomic E-state index is -0.612. The summed E-state index contributed by atoms with van der Waals surface area (Å²) in [6.07, 6.45) is 0. The van der Waals surface area contributed by atoms with E-state index in [0.29, 0.717) is 5.56 Å². The lowest BCUT2D eigenvalue weighted by Gasteiger charge is -2.07. The molecule has 0 fully saturated rings. The van der Waals surface area contributed by atoms with Gasteiger partial charge in [0.15, 0.2) is 0 Å². The molecule has 0 spiro atoms. The highest BCUT2D eigenvalue weighted by Crippen LogP contribution is 2.24. The van der Waals surface area contributed by atoms with E-state index in [1.54, 1.807) is 19.1 Å². The molecule has 0 saturated carbocycles. The average Bonchev–Trinajstić information content (AvgIpc) is 2.08. The predicted molar refractivity (Wildman–Crippen MR) is 53.4 cm³/mol. The second kappa shape index (κ2) is 4.20. The molecule has 4 heteroatoms. The Labute approximate surface area is 89.0 Å². The molecule has 1 atom stereocenters. The Balaban J connectivity index is 3.12. The standard InChI is InChI=1S/C9H7BrClFO/c1-5(9(11)13)7-4-6(10)2-3-8(7)12/h2-5H,1H3. The molecule has 0 aliphatic heterocycles. The van der Waals surface area contributed by atoms with Gasteiger partial charge in [0.05, 0.1) is 5.92 Å². The van der Waals surface area contributed by atoms with Gasteiger partial charge in [0.25, 0.3) is 0 Å². The van der Waals surface area contributed by atoms with E-state index in [-0.39, 0.29) is 0 Å². The highest BCUT2D eigenvalue weighted by Gasteiger charge is 2.16. The van der Waals surface area contributed by atoms with Crippen molar-refractivity contribution < 1.29 is 9.18 Å². The van der Waals surface area contributed by atoms with Gasteiger partial charge < -0.3 is 0 Å². The van der Waals surface area contributed by atoms with E-state index in [2.05, 4.69) is 15.9 Å². The number of hydrogen-bond donors (Lipinski definition) is 0. The van der Waals surface area contributed by atoms with Crippen molar-refractivity contribution in [2.75, 3.05) is 0 Å². The van der Waals surface area contributed by atoms with Gasteiger partial charge in [0, 0.05) is 10.0 Å². The fraction of sp³-hybridized carbons (Fsp3) is 0.222. The molecule has 0 saturated heterocycles. The van der Waals surface area contributed by atoms with Crippen LogP contribution < -0.4 is 0 Å². The van der Waals surface area contributed by atoms with Crippen LogP contribution in [0, 0.1) is 5.82 Å². The molecule has 0 N–H and O–H groups in total. The molecular formula is C9H7BrClFO. The van der Waals surface area contributed by atoms with Gasteiger partial charge in [-0.25, -0.2) is 4.39 Å². The molecule has 0 amide bonds. The van der Waals surface area contributed by atoms with Crippen molar-refractivity contribution in [3.63, 3.8) is 0 Å². The fourth-order valence-electron chi connectivity index (χ4n) is 0.969. The summed E-state index contributed by atoms with van der Waals surface area (Å²) in [7, 11) is 0. The molecule has 1 unspecified atom stereocenters. The third-order valence-corrected chi connectivity index (χ3v) is 2.59. The molecule has 0 bridgehead atoms. The Morgan fingerprint density at radius 2 is 2.23 bits per heavy atom. The van der Waals surface area contributed by atoms with Crippen LogP contribution in [0.25, 0.3) is 0 Å². The van der Waals surface area contributed by atoms with E-state index in [0.717, 1.165) is 4.47 Å².